The van der Waals surface area contributed by atoms with Gasteiger partial charge in [0.05, 0.1) is 18.8 Å². The van der Waals surface area contributed by atoms with Crippen molar-refractivity contribution in [2.24, 2.45) is 0 Å². The van der Waals surface area contributed by atoms with E-state index in [0.717, 1.165) is 0 Å². The highest BCUT2D eigenvalue weighted by Crippen LogP contribution is 2.12. The molecule has 1 fully saturated rings. The molecule has 0 saturated carbocycles. The van der Waals surface area contributed by atoms with Gasteiger partial charge in [-0.15, -0.1) is 0 Å². The van der Waals surface area contributed by atoms with Gasteiger partial charge in [0.1, 0.15) is 11.8 Å². The second kappa shape index (κ2) is 5.01. The van der Waals surface area contributed by atoms with Crippen LogP contribution in [-0.4, -0.2) is 30.9 Å². The van der Waals surface area contributed by atoms with Gasteiger partial charge in [0.25, 0.3) is 0 Å². The lowest BCUT2D eigenvalue weighted by Gasteiger charge is -2.24. The van der Waals surface area contributed by atoms with Crippen LogP contribution in [0.15, 0.2) is 22.8 Å². The van der Waals surface area contributed by atoms with E-state index in [2.05, 4.69) is 16.0 Å². The van der Waals surface area contributed by atoms with Crippen LogP contribution in [0.2, 0.25) is 0 Å². The largest absolute Gasteiger partial charge is 0.467 e. The van der Waals surface area contributed by atoms with Gasteiger partial charge in [0.2, 0.25) is 11.8 Å². The average Bonchev–Trinajstić information content (AvgIpc) is 2.83. The molecule has 0 aromatic carbocycles. The third kappa shape index (κ3) is 2.85. The first-order valence-corrected chi connectivity index (χ1v) is 5.50. The zero-order chi connectivity index (χ0) is 12.3. The first kappa shape index (κ1) is 11.7. The van der Waals surface area contributed by atoms with Gasteiger partial charge in [-0.2, -0.15) is 0 Å². The third-order valence-electron chi connectivity index (χ3n) is 2.66. The fraction of sp³-hybridized carbons (Fsp3) is 0.455. The van der Waals surface area contributed by atoms with Gasteiger partial charge in [-0.3, -0.25) is 14.9 Å². The van der Waals surface area contributed by atoms with E-state index in [1.54, 1.807) is 18.4 Å². The number of piperazine rings is 1. The number of amides is 2. The van der Waals surface area contributed by atoms with Crippen LogP contribution in [-0.2, 0) is 9.59 Å². The predicted molar refractivity (Wildman–Crippen MR) is 60.1 cm³/mol. The molecule has 0 bridgehead atoms. The number of furan rings is 1. The summed E-state index contributed by atoms with van der Waals surface area (Å²) in [6, 6.07) is 3.01. The Bertz CT molecular complexity index is 392. The van der Waals surface area contributed by atoms with Crippen LogP contribution in [0.4, 0.5) is 0 Å². The highest BCUT2D eigenvalue weighted by Gasteiger charge is 2.25. The molecular formula is C11H15N3O3. The van der Waals surface area contributed by atoms with E-state index in [-0.39, 0.29) is 30.4 Å². The molecule has 1 aliphatic heterocycles. The van der Waals surface area contributed by atoms with Crippen molar-refractivity contribution >= 4 is 11.8 Å². The van der Waals surface area contributed by atoms with Gasteiger partial charge in [0, 0.05) is 6.54 Å². The molecular weight excluding hydrogens is 222 g/mol. The quantitative estimate of drug-likeness (QED) is 0.664. The minimum absolute atomic E-state index is 0.0897. The van der Waals surface area contributed by atoms with E-state index >= 15 is 0 Å². The summed E-state index contributed by atoms with van der Waals surface area (Å²) in [6.45, 7) is 2.33. The smallest absolute Gasteiger partial charge is 0.239 e. The summed E-state index contributed by atoms with van der Waals surface area (Å²) in [7, 11) is 0. The second-order valence-electron chi connectivity index (χ2n) is 3.98. The minimum atomic E-state index is -0.384. The molecule has 1 saturated heterocycles. The molecule has 2 heterocycles. The topological polar surface area (TPSA) is 83.4 Å². The highest BCUT2D eigenvalue weighted by atomic mass is 16.3. The zero-order valence-electron chi connectivity index (χ0n) is 9.53. The molecule has 2 rings (SSSR count). The molecule has 1 aliphatic rings. The summed E-state index contributed by atoms with van der Waals surface area (Å²) in [6.07, 6.45) is 1.57. The Hall–Kier alpha value is -1.82. The Balaban J connectivity index is 1.86. The zero-order valence-corrected chi connectivity index (χ0v) is 9.53. The number of hydrogen-bond donors (Lipinski definition) is 3. The second-order valence-corrected chi connectivity index (χ2v) is 3.98. The Morgan fingerprint density at radius 2 is 2.47 bits per heavy atom. The Morgan fingerprint density at radius 1 is 1.65 bits per heavy atom. The first-order chi connectivity index (χ1) is 8.16. The van der Waals surface area contributed by atoms with Gasteiger partial charge in [-0.1, -0.05) is 0 Å². The summed E-state index contributed by atoms with van der Waals surface area (Å²) in [5.41, 5.74) is 0. The van der Waals surface area contributed by atoms with Crippen molar-refractivity contribution in [3.05, 3.63) is 24.2 Å². The van der Waals surface area contributed by atoms with Crippen molar-refractivity contribution in [2.45, 2.75) is 19.0 Å². The first-order valence-electron chi connectivity index (χ1n) is 5.50. The van der Waals surface area contributed by atoms with E-state index in [1.807, 2.05) is 6.92 Å². The summed E-state index contributed by atoms with van der Waals surface area (Å²) in [5.74, 6) is 0.472. The molecule has 1 unspecified atom stereocenters. The number of nitrogens with one attached hydrogen (secondary N) is 3. The molecule has 92 valence electrons. The van der Waals surface area contributed by atoms with Crippen LogP contribution in [0.1, 0.15) is 18.7 Å². The predicted octanol–water partition coefficient (Wildman–Crippen LogP) is -0.455. The van der Waals surface area contributed by atoms with Crippen LogP contribution >= 0.6 is 0 Å². The lowest BCUT2D eigenvalue weighted by atomic mass is 10.2. The summed E-state index contributed by atoms with van der Waals surface area (Å²) in [4.78, 5) is 22.8. The number of hydrogen-bond acceptors (Lipinski definition) is 4. The maximum absolute atomic E-state index is 11.8. The van der Waals surface area contributed by atoms with E-state index in [1.165, 1.54) is 0 Å². The van der Waals surface area contributed by atoms with Gasteiger partial charge < -0.3 is 15.1 Å². The molecule has 6 heteroatoms. The summed E-state index contributed by atoms with van der Waals surface area (Å²) < 4.78 is 5.20. The normalized spacial score (nSPS) is 21.7. The van der Waals surface area contributed by atoms with Crippen LogP contribution in [0.3, 0.4) is 0 Å². The third-order valence-corrected chi connectivity index (χ3v) is 2.66. The average molecular weight is 237 g/mol. The lowest BCUT2D eigenvalue weighted by Crippen LogP contribution is -2.58. The molecule has 3 N–H and O–H groups in total. The molecule has 6 nitrogen and oxygen atoms in total. The van der Waals surface area contributed by atoms with Crippen LogP contribution < -0.4 is 16.0 Å². The van der Waals surface area contributed by atoms with Crippen molar-refractivity contribution in [2.75, 3.05) is 13.1 Å². The fourth-order valence-electron chi connectivity index (χ4n) is 1.67. The molecule has 17 heavy (non-hydrogen) atoms. The van der Waals surface area contributed by atoms with Crippen molar-refractivity contribution < 1.29 is 14.0 Å². The molecule has 2 amide bonds. The SMILES string of the molecule is C[C@@H](NC(=O)C1CNC(=O)CN1)c1ccco1. The van der Waals surface area contributed by atoms with E-state index in [4.69, 9.17) is 4.42 Å². The number of carbonyl (C=O) groups excluding carboxylic acids is 2. The van der Waals surface area contributed by atoms with Gasteiger partial charge in [-0.25, -0.2) is 0 Å². The van der Waals surface area contributed by atoms with E-state index in [9.17, 15) is 9.59 Å². The van der Waals surface area contributed by atoms with Crippen molar-refractivity contribution in [1.82, 2.24) is 16.0 Å². The lowest BCUT2D eigenvalue weighted by molar-refractivity contribution is -0.127. The molecule has 0 spiro atoms. The standard InChI is InChI=1S/C11H15N3O3/c1-7(9-3-2-4-17-9)14-11(16)8-5-13-10(15)6-12-8/h2-4,7-8,12H,5-6H2,1H3,(H,13,15)(H,14,16)/t7-,8?/m1/s1. The van der Waals surface area contributed by atoms with Crippen molar-refractivity contribution in [3.8, 4) is 0 Å². The van der Waals surface area contributed by atoms with Crippen molar-refractivity contribution in [1.29, 1.82) is 0 Å². The van der Waals surface area contributed by atoms with Gasteiger partial charge in [0.15, 0.2) is 0 Å². The van der Waals surface area contributed by atoms with Gasteiger partial charge in [-0.05, 0) is 19.1 Å². The molecule has 0 aliphatic carbocycles. The monoisotopic (exact) mass is 237 g/mol. The minimum Gasteiger partial charge on any atom is -0.467 e. The van der Waals surface area contributed by atoms with E-state index < -0.39 is 0 Å². The molecule has 1 aromatic rings. The number of carbonyl (C=O) groups is 2. The highest BCUT2D eigenvalue weighted by molar-refractivity contribution is 5.86. The Labute approximate surface area is 98.7 Å². The van der Waals surface area contributed by atoms with Gasteiger partial charge >= 0.3 is 0 Å². The summed E-state index contributed by atoms with van der Waals surface area (Å²) in [5, 5.41) is 8.32. The molecule has 2 atom stereocenters. The molecule has 0 radical (unpaired) electrons. The number of rotatable bonds is 3. The van der Waals surface area contributed by atoms with Crippen LogP contribution in [0.5, 0.6) is 0 Å². The maximum atomic E-state index is 11.8. The van der Waals surface area contributed by atoms with Crippen LogP contribution in [0.25, 0.3) is 0 Å². The van der Waals surface area contributed by atoms with Crippen LogP contribution in [0, 0.1) is 0 Å². The van der Waals surface area contributed by atoms with E-state index in [0.29, 0.717) is 12.3 Å². The maximum Gasteiger partial charge on any atom is 0.239 e. The Kier molecular flexibility index (Phi) is 3.43. The summed E-state index contributed by atoms with van der Waals surface area (Å²) >= 11 is 0. The van der Waals surface area contributed by atoms with Crippen molar-refractivity contribution in [3.63, 3.8) is 0 Å². The Morgan fingerprint density at radius 3 is 3.06 bits per heavy atom. The molecule has 1 aromatic heterocycles. The fourth-order valence-corrected chi connectivity index (χ4v) is 1.67.